The van der Waals surface area contributed by atoms with Crippen LogP contribution in [-0.4, -0.2) is 55.6 Å². The van der Waals surface area contributed by atoms with Crippen LogP contribution >= 0.6 is 0 Å². The van der Waals surface area contributed by atoms with E-state index < -0.39 is 0 Å². The lowest BCUT2D eigenvalue weighted by atomic mass is 9.83. The predicted octanol–water partition coefficient (Wildman–Crippen LogP) is 0.997. The second kappa shape index (κ2) is 5.28. The molecule has 2 N–H and O–H groups in total. The molecule has 1 unspecified atom stereocenters. The lowest BCUT2D eigenvalue weighted by Gasteiger charge is -2.44. The maximum Gasteiger partial charge on any atom is 0.0157 e. The number of hydrogen-bond acceptors (Lipinski definition) is 3. The number of likely N-dealkylation sites (N-methyl/N-ethyl adjacent to an activating group) is 1. The van der Waals surface area contributed by atoms with Crippen LogP contribution in [0.2, 0.25) is 0 Å². The van der Waals surface area contributed by atoms with Crippen molar-refractivity contribution < 1.29 is 0 Å². The Morgan fingerprint density at radius 2 is 1.67 bits per heavy atom. The topological polar surface area (TPSA) is 32.5 Å². The number of nitrogens with two attached hydrogens (primary N) is 1. The number of hydrogen-bond donors (Lipinski definition) is 1. The molecular formula is C12H27N3. The zero-order valence-electron chi connectivity index (χ0n) is 10.8. The number of piperazine rings is 1. The average Bonchev–Trinajstić information content (AvgIpc) is 2.14. The molecule has 0 aromatic heterocycles. The van der Waals surface area contributed by atoms with E-state index in [0.29, 0.717) is 11.5 Å². The molecule has 1 atom stereocenters. The molecule has 0 radical (unpaired) electrons. The summed E-state index contributed by atoms with van der Waals surface area (Å²) in [4.78, 5) is 5.02. The Hall–Kier alpha value is -0.120. The first-order chi connectivity index (χ1) is 6.95. The molecule has 1 fully saturated rings. The smallest absolute Gasteiger partial charge is 0.0157 e. The van der Waals surface area contributed by atoms with Crippen molar-refractivity contribution in [3.05, 3.63) is 0 Å². The highest BCUT2D eigenvalue weighted by Crippen LogP contribution is 2.27. The van der Waals surface area contributed by atoms with Gasteiger partial charge in [-0.15, -0.1) is 0 Å². The van der Waals surface area contributed by atoms with E-state index >= 15 is 0 Å². The molecule has 0 aliphatic carbocycles. The molecule has 1 aliphatic heterocycles. The van der Waals surface area contributed by atoms with Gasteiger partial charge in [-0.05, 0) is 25.4 Å². The van der Waals surface area contributed by atoms with Crippen molar-refractivity contribution in [2.45, 2.75) is 33.2 Å². The quantitative estimate of drug-likeness (QED) is 0.759. The summed E-state index contributed by atoms with van der Waals surface area (Å²) in [7, 11) is 2.20. The molecule has 3 nitrogen and oxygen atoms in total. The van der Waals surface area contributed by atoms with E-state index in [1.807, 2.05) is 0 Å². The van der Waals surface area contributed by atoms with Gasteiger partial charge in [0, 0.05) is 32.2 Å². The fourth-order valence-electron chi connectivity index (χ4n) is 2.45. The van der Waals surface area contributed by atoms with Crippen molar-refractivity contribution in [2.75, 3.05) is 39.8 Å². The minimum atomic E-state index is 0.343. The Bertz CT molecular complexity index is 178. The van der Waals surface area contributed by atoms with Gasteiger partial charge in [-0.25, -0.2) is 0 Å². The molecule has 0 bridgehead atoms. The summed E-state index contributed by atoms with van der Waals surface area (Å²) in [6, 6.07) is 0.635. The lowest BCUT2D eigenvalue weighted by molar-refractivity contribution is 0.0501. The van der Waals surface area contributed by atoms with E-state index in [4.69, 9.17) is 5.73 Å². The number of rotatable bonds is 3. The Labute approximate surface area is 94.6 Å². The molecule has 0 aromatic rings. The van der Waals surface area contributed by atoms with Gasteiger partial charge in [0.05, 0.1) is 0 Å². The molecule has 0 spiro atoms. The van der Waals surface area contributed by atoms with Crippen LogP contribution in [0.5, 0.6) is 0 Å². The largest absolute Gasteiger partial charge is 0.330 e. The molecule has 1 heterocycles. The first kappa shape index (κ1) is 12.9. The average molecular weight is 213 g/mol. The summed E-state index contributed by atoms with van der Waals surface area (Å²) in [6.45, 7) is 12.5. The van der Waals surface area contributed by atoms with E-state index in [1.54, 1.807) is 0 Å². The molecule has 1 aliphatic rings. The van der Waals surface area contributed by atoms with E-state index in [0.717, 1.165) is 13.0 Å². The molecule has 1 rings (SSSR count). The summed E-state index contributed by atoms with van der Waals surface area (Å²) in [5.74, 6) is 0. The fraction of sp³-hybridized carbons (Fsp3) is 1.00. The van der Waals surface area contributed by atoms with E-state index in [-0.39, 0.29) is 0 Å². The van der Waals surface area contributed by atoms with Gasteiger partial charge in [-0.2, -0.15) is 0 Å². The zero-order chi connectivity index (χ0) is 11.5. The van der Waals surface area contributed by atoms with Gasteiger partial charge >= 0.3 is 0 Å². The highest BCUT2D eigenvalue weighted by Gasteiger charge is 2.30. The maximum atomic E-state index is 5.72. The van der Waals surface area contributed by atoms with E-state index in [9.17, 15) is 0 Å². The van der Waals surface area contributed by atoms with Gasteiger partial charge in [-0.1, -0.05) is 20.8 Å². The van der Waals surface area contributed by atoms with Crippen LogP contribution < -0.4 is 5.73 Å². The molecule has 0 saturated carbocycles. The van der Waals surface area contributed by atoms with Crippen molar-refractivity contribution >= 4 is 0 Å². The van der Waals surface area contributed by atoms with Gasteiger partial charge in [0.2, 0.25) is 0 Å². The molecule has 0 amide bonds. The van der Waals surface area contributed by atoms with Crippen LogP contribution in [0.4, 0.5) is 0 Å². The molecule has 15 heavy (non-hydrogen) atoms. The Kier molecular flexibility index (Phi) is 4.56. The molecule has 90 valence electrons. The van der Waals surface area contributed by atoms with Gasteiger partial charge in [-0.3, -0.25) is 4.90 Å². The molecule has 0 aromatic carbocycles. The summed E-state index contributed by atoms with van der Waals surface area (Å²) in [5, 5.41) is 0. The van der Waals surface area contributed by atoms with Crippen LogP contribution in [-0.2, 0) is 0 Å². The second-order valence-electron chi connectivity index (χ2n) is 5.80. The van der Waals surface area contributed by atoms with Crippen molar-refractivity contribution in [3.63, 3.8) is 0 Å². The van der Waals surface area contributed by atoms with Crippen molar-refractivity contribution in [3.8, 4) is 0 Å². The summed E-state index contributed by atoms with van der Waals surface area (Å²) in [6.07, 6.45) is 1.12. The standard InChI is InChI=1S/C12H27N3/c1-12(2,3)11(5-6-13)15-9-7-14(4)8-10-15/h11H,5-10,13H2,1-4H3. The van der Waals surface area contributed by atoms with Crippen molar-refractivity contribution in [1.82, 2.24) is 9.80 Å². The van der Waals surface area contributed by atoms with Crippen LogP contribution in [0.25, 0.3) is 0 Å². The zero-order valence-corrected chi connectivity index (χ0v) is 10.8. The summed E-state index contributed by atoms with van der Waals surface area (Å²) >= 11 is 0. The summed E-state index contributed by atoms with van der Waals surface area (Å²) in [5.41, 5.74) is 6.07. The van der Waals surface area contributed by atoms with Gasteiger partial charge in [0.15, 0.2) is 0 Å². The predicted molar refractivity (Wildman–Crippen MR) is 66.0 cm³/mol. The monoisotopic (exact) mass is 213 g/mol. The molecule has 1 saturated heterocycles. The lowest BCUT2D eigenvalue weighted by Crippen LogP contribution is -2.53. The highest BCUT2D eigenvalue weighted by atomic mass is 15.3. The minimum Gasteiger partial charge on any atom is -0.330 e. The molecular weight excluding hydrogens is 186 g/mol. The van der Waals surface area contributed by atoms with Crippen LogP contribution in [0.15, 0.2) is 0 Å². The summed E-state index contributed by atoms with van der Waals surface area (Å²) < 4.78 is 0. The SMILES string of the molecule is CN1CCN(C(CCN)C(C)(C)C)CC1. The van der Waals surface area contributed by atoms with Gasteiger partial charge < -0.3 is 10.6 Å². The number of nitrogens with zero attached hydrogens (tertiary/aromatic N) is 2. The van der Waals surface area contributed by atoms with Crippen molar-refractivity contribution in [1.29, 1.82) is 0 Å². The first-order valence-electron chi connectivity index (χ1n) is 6.08. The third-order valence-corrected chi connectivity index (χ3v) is 3.42. The van der Waals surface area contributed by atoms with Crippen LogP contribution in [0.3, 0.4) is 0 Å². The van der Waals surface area contributed by atoms with Crippen LogP contribution in [0.1, 0.15) is 27.2 Å². The highest BCUT2D eigenvalue weighted by molar-refractivity contribution is 4.86. The normalized spacial score (nSPS) is 23.0. The van der Waals surface area contributed by atoms with Gasteiger partial charge in [0.25, 0.3) is 0 Å². The third kappa shape index (κ3) is 3.74. The maximum absolute atomic E-state index is 5.72. The Morgan fingerprint density at radius 3 is 2.07 bits per heavy atom. The Morgan fingerprint density at radius 1 is 1.13 bits per heavy atom. The minimum absolute atomic E-state index is 0.343. The van der Waals surface area contributed by atoms with Crippen molar-refractivity contribution in [2.24, 2.45) is 11.1 Å². The fourth-order valence-corrected chi connectivity index (χ4v) is 2.45. The third-order valence-electron chi connectivity index (χ3n) is 3.42. The van der Waals surface area contributed by atoms with Gasteiger partial charge in [0.1, 0.15) is 0 Å². The van der Waals surface area contributed by atoms with E-state index in [1.165, 1.54) is 26.2 Å². The molecule has 3 heteroatoms. The first-order valence-corrected chi connectivity index (χ1v) is 6.08. The Balaban J connectivity index is 2.56. The second-order valence-corrected chi connectivity index (χ2v) is 5.80. The van der Waals surface area contributed by atoms with E-state index in [2.05, 4.69) is 37.6 Å². The van der Waals surface area contributed by atoms with Crippen LogP contribution in [0, 0.1) is 5.41 Å².